The lowest BCUT2D eigenvalue weighted by Crippen LogP contribution is -2.21. The molecule has 0 saturated carbocycles. The SMILES string of the molecule is COc1ccc(Br)cc1-c1nc(Cn2cnc3c(Cl)cc(Cl)cc3c2=O)cs1. The van der Waals surface area contributed by atoms with Crippen molar-refractivity contribution in [3.8, 4) is 16.3 Å². The Morgan fingerprint density at radius 1 is 1.25 bits per heavy atom. The second kappa shape index (κ2) is 7.83. The number of hydrogen-bond donors (Lipinski definition) is 0. The van der Waals surface area contributed by atoms with Crippen LogP contribution in [0.4, 0.5) is 0 Å². The van der Waals surface area contributed by atoms with Gasteiger partial charge in [0.15, 0.2) is 0 Å². The first-order chi connectivity index (χ1) is 13.5. The number of fused-ring (bicyclic) bond motifs is 1. The number of halogens is 3. The summed E-state index contributed by atoms with van der Waals surface area (Å²) in [7, 11) is 1.62. The van der Waals surface area contributed by atoms with Crippen LogP contribution in [0.15, 0.2) is 51.3 Å². The molecule has 9 heteroatoms. The Morgan fingerprint density at radius 2 is 2.07 bits per heavy atom. The molecule has 5 nitrogen and oxygen atoms in total. The van der Waals surface area contributed by atoms with Gasteiger partial charge in [0.05, 0.1) is 47.2 Å². The number of methoxy groups -OCH3 is 1. The van der Waals surface area contributed by atoms with Crippen LogP contribution in [0.3, 0.4) is 0 Å². The number of aromatic nitrogens is 3. The molecule has 4 aromatic rings. The molecule has 0 spiro atoms. The highest BCUT2D eigenvalue weighted by Gasteiger charge is 2.13. The van der Waals surface area contributed by atoms with Gasteiger partial charge >= 0.3 is 0 Å². The molecule has 2 heterocycles. The lowest BCUT2D eigenvalue weighted by Gasteiger charge is -2.07. The minimum absolute atomic E-state index is 0.219. The van der Waals surface area contributed by atoms with Crippen LogP contribution in [0.1, 0.15) is 5.69 Å². The van der Waals surface area contributed by atoms with Gasteiger partial charge in [0.25, 0.3) is 5.56 Å². The zero-order valence-electron chi connectivity index (χ0n) is 14.4. The molecule has 0 atom stereocenters. The Morgan fingerprint density at radius 3 is 2.86 bits per heavy atom. The molecule has 28 heavy (non-hydrogen) atoms. The van der Waals surface area contributed by atoms with Crippen LogP contribution in [0.5, 0.6) is 5.75 Å². The van der Waals surface area contributed by atoms with Crippen molar-refractivity contribution in [2.24, 2.45) is 0 Å². The van der Waals surface area contributed by atoms with Crippen molar-refractivity contribution in [1.29, 1.82) is 0 Å². The Bertz CT molecular complexity index is 1260. The number of rotatable bonds is 4. The van der Waals surface area contributed by atoms with E-state index in [-0.39, 0.29) is 5.56 Å². The molecule has 2 aromatic carbocycles. The highest BCUT2D eigenvalue weighted by atomic mass is 79.9. The van der Waals surface area contributed by atoms with Gasteiger partial charge in [-0.05, 0) is 30.3 Å². The van der Waals surface area contributed by atoms with E-state index in [1.54, 1.807) is 19.2 Å². The third kappa shape index (κ3) is 3.67. The maximum absolute atomic E-state index is 12.8. The van der Waals surface area contributed by atoms with E-state index in [0.29, 0.717) is 27.5 Å². The van der Waals surface area contributed by atoms with E-state index in [9.17, 15) is 4.79 Å². The van der Waals surface area contributed by atoms with E-state index < -0.39 is 0 Å². The van der Waals surface area contributed by atoms with Crippen LogP contribution in [-0.4, -0.2) is 21.6 Å². The second-order valence-corrected chi connectivity index (χ2v) is 8.57. The number of nitrogens with zero attached hydrogens (tertiary/aromatic N) is 3. The van der Waals surface area contributed by atoms with Gasteiger partial charge in [-0.3, -0.25) is 9.36 Å². The quantitative estimate of drug-likeness (QED) is 0.366. The Labute approximate surface area is 182 Å². The fourth-order valence-corrected chi connectivity index (χ4v) is 4.57. The van der Waals surface area contributed by atoms with Crippen LogP contribution in [0, 0.1) is 0 Å². The highest BCUT2D eigenvalue weighted by Crippen LogP contribution is 2.34. The van der Waals surface area contributed by atoms with Crippen molar-refractivity contribution in [3.05, 3.63) is 72.6 Å². The minimum atomic E-state index is -0.219. The predicted octanol–water partition coefficient (Wildman–Crippen LogP) is 5.65. The molecule has 0 fully saturated rings. The average Bonchev–Trinajstić information content (AvgIpc) is 3.13. The van der Waals surface area contributed by atoms with Gasteiger partial charge < -0.3 is 4.74 Å². The van der Waals surface area contributed by atoms with Crippen LogP contribution >= 0.6 is 50.5 Å². The summed E-state index contributed by atoms with van der Waals surface area (Å²) in [5, 5.41) is 3.85. The topological polar surface area (TPSA) is 57.0 Å². The maximum Gasteiger partial charge on any atom is 0.261 e. The van der Waals surface area contributed by atoms with Crippen LogP contribution < -0.4 is 10.3 Å². The van der Waals surface area contributed by atoms with E-state index in [4.69, 9.17) is 27.9 Å². The molecular weight excluding hydrogens is 485 g/mol. The molecule has 0 bridgehead atoms. The largest absolute Gasteiger partial charge is 0.496 e. The van der Waals surface area contributed by atoms with Crippen LogP contribution in [0.2, 0.25) is 10.0 Å². The first-order valence-electron chi connectivity index (χ1n) is 8.09. The van der Waals surface area contributed by atoms with Crippen molar-refractivity contribution in [2.75, 3.05) is 7.11 Å². The van der Waals surface area contributed by atoms with Gasteiger partial charge in [0, 0.05) is 14.9 Å². The van der Waals surface area contributed by atoms with E-state index in [0.717, 1.165) is 26.5 Å². The molecule has 0 aliphatic rings. The number of thiazole rings is 1. The normalized spacial score (nSPS) is 11.1. The fourth-order valence-electron chi connectivity index (χ4n) is 2.83. The van der Waals surface area contributed by atoms with E-state index >= 15 is 0 Å². The highest BCUT2D eigenvalue weighted by molar-refractivity contribution is 9.10. The first-order valence-corrected chi connectivity index (χ1v) is 10.5. The van der Waals surface area contributed by atoms with Gasteiger partial charge in [0.1, 0.15) is 10.8 Å². The summed E-state index contributed by atoms with van der Waals surface area (Å²) in [6.45, 7) is 0.290. The molecule has 0 saturated heterocycles. The third-order valence-electron chi connectivity index (χ3n) is 4.12. The Kier molecular flexibility index (Phi) is 5.42. The van der Waals surface area contributed by atoms with Crippen molar-refractivity contribution < 1.29 is 4.74 Å². The molecule has 0 radical (unpaired) electrons. The summed E-state index contributed by atoms with van der Waals surface area (Å²) in [6.07, 6.45) is 1.48. The standard InChI is InChI=1S/C19H12BrCl2N3O2S/c1-27-16-3-2-10(20)4-13(16)18-24-12(8-28-18)7-25-9-23-17-14(19(25)26)5-11(21)6-15(17)22/h2-6,8-9H,7H2,1H3. The molecule has 4 rings (SSSR count). The average molecular weight is 497 g/mol. The summed E-state index contributed by atoms with van der Waals surface area (Å²) in [5.41, 5.74) is 1.85. The summed E-state index contributed by atoms with van der Waals surface area (Å²) < 4.78 is 7.85. The number of hydrogen-bond acceptors (Lipinski definition) is 5. The fraction of sp³-hybridized carbons (Fsp3) is 0.105. The van der Waals surface area contributed by atoms with Crippen molar-refractivity contribution >= 4 is 61.4 Å². The summed E-state index contributed by atoms with van der Waals surface area (Å²) >= 11 is 17.1. The molecular formula is C19H12BrCl2N3O2S. The lowest BCUT2D eigenvalue weighted by atomic mass is 10.2. The molecule has 0 aliphatic heterocycles. The molecule has 142 valence electrons. The molecule has 0 aliphatic carbocycles. The lowest BCUT2D eigenvalue weighted by molar-refractivity contribution is 0.416. The molecule has 0 unspecified atom stereocenters. The van der Waals surface area contributed by atoms with Crippen molar-refractivity contribution in [2.45, 2.75) is 6.54 Å². The van der Waals surface area contributed by atoms with Gasteiger partial charge in [-0.1, -0.05) is 39.1 Å². The van der Waals surface area contributed by atoms with E-state index in [1.807, 2.05) is 23.6 Å². The first kappa shape index (κ1) is 19.4. The molecule has 2 aromatic heterocycles. The molecule has 0 amide bonds. The number of ether oxygens (including phenoxy) is 1. The Hall–Kier alpha value is -1.93. The third-order valence-corrected chi connectivity index (χ3v) is 6.05. The number of benzene rings is 2. The Balaban J connectivity index is 1.71. The van der Waals surface area contributed by atoms with E-state index in [1.165, 1.54) is 22.2 Å². The van der Waals surface area contributed by atoms with Gasteiger partial charge in [0.2, 0.25) is 0 Å². The molecule has 0 N–H and O–H groups in total. The summed E-state index contributed by atoms with van der Waals surface area (Å²) in [6, 6.07) is 8.89. The summed E-state index contributed by atoms with van der Waals surface area (Å²) in [5.74, 6) is 0.734. The van der Waals surface area contributed by atoms with Crippen LogP contribution in [-0.2, 0) is 6.54 Å². The van der Waals surface area contributed by atoms with Gasteiger partial charge in [-0.2, -0.15) is 0 Å². The zero-order chi connectivity index (χ0) is 19.8. The predicted molar refractivity (Wildman–Crippen MR) is 117 cm³/mol. The van der Waals surface area contributed by atoms with Crippen molar-refractivity contribution in [3.63, 3.8) is 0 Å². The maximum atomic E-state index is 12.8. The van der Waals surface area contributed by atoms with Gasteiger partial charge in [-0.25, -0.2) is 9.97 Å². The van der Waals surface area contributed by atoms with E-state index in [2.05, 4.69) is 25.9 Å². The monoisotopic (exact) mass is 495 g/mol. The smallest absolute Gasteiger partial charge is 0.261 e. The van der Waals surface area contributed by atoms with Crippen LogP contribution in [0.25, 0.3) is 21.5 Å². The summed E-state index contributed by atoms with van der Waals surface area (Å²) in [4.78, 5) is 21.8. The zero-order valence-corrected chi connectivity index (χ0v) is 18.4. The minimum Gasteiger partial charge on any atom is -0.496 e. The van der Waals surface area contributed by atoms with Crippen molar-refractivity contribution in [1.82, 2.24) is 14.5 Å². The van der Waals surface area contributed by atoms with Gasteiger partial charge in [-0.15, -0.1) is 11.3 Å². The second-order valence-electron chi connectivity index (χ2n) is 5.95.